The fraction of sp³-hybridized carbons (Fsp3) is 0.0909. The molecule has 0 aliphatic rings. The predicted octanol–water partition coefficient (Wildman–Crippen LogP) is 8.76. The largest absolute Gasteiger partial charge is 0.255 e. The van der Waals surface area contributed by atoms with Crippen molar-refractivity contribution in [3.63, 3.8) is 0 Å². The van der Waals surface area contributed by atoms with Gasteiger partial charge in [0.05, 0.1) is 17.6 Å². The number of hydrogen-bond donors (Lipinski definition) is 0. The summed E-state index contributed by atoms with van der Waals surface area (Å²) in [6, 6.07) is 36.1. The molecule has 0 atom stereocenters. The Balaban J connectivity index is 1.85. The zero-order valence-electron chi connectivity index (χ0n) is 20.4. The maximum atomic E-state index is 5.08. The van der Waals surface area contributed by atoms with Gasteiger partial charge < -0.3 is 0 Å². The lowest BCUT2D eigenvalue weighted by Crippen LogP contribution is -1.93. The van der Waals surface area contributed by atoms with Gasteiger partial charge in [-0.1, -0.05) is 78.9 Å². The summed E-state index contributed by atoms with van der Waals surface area (Å²) in [6.45, 7) is 6.49. The van der Waals surface area contributed by atoms with Gasteiger partial charge in [0.25, 0.3) is 0 Å². The predicted molar refractivity (Wildman–Crippen MR) is 148 cm³/mol. The van der Waals surface area contributed by atoms with E-state index in [2.05, 4.69) is 111 Å². The maximum Gasteiger partial charge on any atom is 0.0812 e. The maximum absolute atomic E-state index is 5.08. The van der Waals surface area contributed by atoms with Gasteiger partial charge in [0, 0.05) is 17.3 Å². The van der Waals surface area contributed by atoms with Crippen molar-refractivity contribution < 1.29 is 0 Å². The monoisotopic (exact) mass is 452 g/mol. The molecule has 35 heavy (non-hydrogen) atoms. The van der Waals surface area contributed by atoms with Crippen LogP contribution in [-0.2, 0) is 0 Å². The Labute approximate surface area is 207 Å². The van der Waals surface area contributed by atoms with Gasteiger partial charge in [-0.15, -0.1) is 0 Å². The molecule has 0 amide bonds. The Kier molecular flexibility index (Phi) is 6.36. The Hall–Kier alpha value is -4.30. The lowest BCUT2D eigenvalue weighted by Gasteiger charge is -2.18. The van der Waals surface area contributed by atoms with Crippen molar-refractivity contribution in [3.8, 4) is 33.4 Å². The fourth-order valence-electron chi connectivity index (χ4n) is 4.57. The van der Waals surface area contributed by atoms with Crippen molar-refractivity contribution in [2.75, 3.05) is 0 Å². The van der Waals surface area contributed by atoms with Gasteiger partial charge in [0.2, 0.25) is 0 Å². The molecule has 0 aliphatic heterocycles. The molecular formula is C33H28N2. The summed E-state index contributed by atoms with van der Waals surface area (Å²) in [5.74, 6) is 0. The van der Waals surface area contributed by atoms with Crippen LogP contribution in [0.1, 0.15) is 22.4 Å². The summed E-state index contributed by atoms with van der Waals surface area (Å²) >= 11 is 0. The molecule has 0 aliphatic carbocycles. The fourth-order valence-corrected chi connectivity index (χ4v) is 4.57. The number of aliphatic imine (C=N–C) groups is 1. The van der Waals surface area contributed by atoms with E-state index in [9.17, 15) is 0 Å². The van der Waals surface area contributed by atoms with Crippen molar-refractivity contribution in [3.05, 3.63) is 132 Å². The normalized spacial score (nSPS) is 11.2. The van der Waals surface area contributed by atoms with Crippen LogP contribution in [0.2, 0.25) is 0 Å². The minimum atomic E-state index is 0.835. The Morgan fingerprint density at radius 1 is 0.543 bits per heavy atom. The van der Waals surface area contributed by atoms with Crippen LogP contribution in [0.25, 0.3) is 33.4 Å². The summed E-state index contributed by atoms with van der Waals surface area (Å²) in [5, 5.41) is 0. The molecule has 5 rings (SSSR count). The lowest BCUT2D eigenvalue weighted by molar-refractivity contribution is 1.30. The number of pyridine rings is 1. The molecule has 0 bridgehead atoms. The molecular weight excluding hydrogens is 424 g/mol. The number of aryl methyl sites for hydroxylation is 3. The molecule has 0 unspecified atom stereocenters. The standard InChI is InChI=1S/C33H28N2/c1-23-12-4-7-16-28(23)26-20-31(29-17-8-5-13-24(29)2)33(35-22-27-15-10-11-19-34-27)32(21-26)30-18-9-6-14-25(30)3/h4-22H,1-3H3. The number of nitrogens with zero attached hydrogens (tertiary/aromatic N) is 2. The molecule has 0 fully saturated rings. The average Bonchev–Trinajstić information content (AvgIpc) is 2.89. The van der Waals surface area contributed by atoms with Gasteiger partial charge in [-0.3, -0.25) is 9.98 Å². The summed E-state index contributed by atoms with van der Waals surface area (Å²) in [7, 11) is 0. The van der Waals surface area contributed by atoms with Gasteiger partial charge in [0.15, 0.2) is 0 Å². The minimum Gasteiger partial charge on any atom is -0.255 e. The molecule has 1 heterocycles. The first-order valence-electron chi connectivity index (χ1n) is 11.9. The Morgan fingerprint density at radius 2 is 1.03 bits per heavy atom. The van der Waals surface area contributed by atoms with Crippen LogP contribution < -0.4 is 0 Å². The third kappa shape index (κ3) is 4.69. The van der Waals surface area contributed by atoms with Crippen molar-refractivity contribution in [2.24, 2.45) is 4.99 Å². The van der Waals surface area contributed by atoms with E-state index in [1.165, 1.54) is 38.9 Å². The first kappa shape index (κ1) is 22.5. The highest BCUT2D eigenvalue weighted by atomic mass is 14.8. The van der Waals surface area contributed by atoms with E-state index < -0.39 is 0 Å². The lowest BCUT2D eigenvalue weighted by atomic mass is 9.87. The molecule has 0 radical (unpaired) electrons. The third-order valence-electron chi connectivity index (χ3n) is 6.45. The van der Waals surface area contributed by atoms with Crippen LogP contribution in [0.15, 0.2) is 114 Å². The summed E-state index contributed by atoms with van der Waals surface area (Å²) < 4.78 is 0. The van der Waals surface area contributed by atoms with E-state index in [1.807, 2.05) is 24.4 Å². The van der Waals surface area contributed by atoms with Crippen LogP contribution in [0.4, 0.5) is 5.69 Å². The molecule has 5 aromatic rings. The molecule has 0 spiro atoms. The quantitative estimate of drug-likeness (QED) is 0.245. The molecule has 0 saturated heterocycles. The van der Waals surface area contributed by atoms with Gasteiger partial charge in [-0.05, 0) is 84.0 Å². The zero-order chi connectivity index (χ0) is 24.2. The van der Waals surface area contributed by atoms with Crippen molar-refractivity contribution in [2.45, 2.75) is 20.8 Å². The highest BCUT2D eigenvalue weighted by Gasteiger charge is 2.17. The van der Waals surface area contributed by atoms with E-state index in [0.717, 1.165) is 22.5 Å². The highest BCUT2D eigenvalue weighted by molar-refractivity contribution is 5.97. The molecule has 0 N–H and O–H groups in total. The van der Waals surface area contributed by atoms with E-state index >= 15 is 0 Å². The smallest absolute Gasteiger partial charge is 0.0812 e. The summed E-state index contributed by atoms with van der Waals surface area (Å²) in [6.07, 6.45) is 3.67. The SMILES string of the molecule is Cc1ccccc1-c1cc(-c2ccccc2C)c(N=Cc2ccccn2)c(-c2ccccc2C)c1. The molecule has 4 aromatic carbocycles. The van der Waals surface area contributed by atoms with E-state index in [0.29, 0.717) is 0 Å². The van der Waals surface area contributed by atoms with Gasteiger partial charge in [-0.2, -0.15) is 0 Å². The third-order valence-corrected chi connectivity index (χ3v) is 6.45. The van der Waals surface area contributed by atoms with Crippen LogP contribution >= 0.6 is 0 Å². The molecule has 0 saturated carbocycles. The number of rotatable bonds is 5. The number of benzene rings is 4. The van der Waals surface area contributed by atoms with E-state index in [-0.39, 0.29) is 0 Å². The summed E-state index contributed by atoms with van der Waals surface area (Å²) in [5.41, 5.74) is 12.5. The highest BCUT2D eigenvalue weighted by Crippen LogP contribution is 2.44. The second kappa shape index (κ2) is 9.90. The topological polar surface area (TPSA) is 25.2 Å². The summed E-state index contributed by atoms with van der Waals surface area (Å²) in [4.78, 5) is 9.54. The van der Waals surface area contributed by atoms with Crippen molar-refractivity contribution in [1.82, 2.24) is 4.98 Å². The number of aromatic nitrogens is 1. The van der Waals surface area contributed by atoms with Gasteiger partial charge >= 0.3 is 0 Å². The van der Waals surface area contributed by atoms with Gasteiger partial charge in [0.1, 0.15) is 0 Å². The van der Waals surface area contributed by atoms with Crippen LogP contribution in [0.3, 0.4) is 0 Å². The van der Waals surface area contributed by atoms with Crippen LogP contribution in [0.5, 0.6) is 0 Å². The number of hydrogen-bond acceptors (Lipinski definition) is 2. The second-order valence-corrected chi connectivity index (χ2v) is 8.88. The zero-order valence-corrected chi connectivity index (χ0v) is 20.4. The average molecular weight is 453 g/mol. The molecule has 2 nitrogen and oxygen atoms in total. The Bertz CT molecular complexity index is 1450. The van der Waals surface area contributed by atoms with Crippen molar-refractivity contribution in [1.29, 1.82) is 0 Å². The second-order valence-electron chi connectivity index (χ2n) is 8.88. The van der Waals surface area contributed by atoms with Gasteiger partial charge in [-0.25, -0.2) is 0 Å². The molecule has 2 heteroatoms. The molecule has 1 aromatic heterocycles. The first-order chi connectivity index (χ1) is 17.1. The Morgan fingerprint density at radius 3 is 1.51 bits per heavy atom. The minimum absolute atomic E-state index is 0.835. The van der Waals surface area contributed by atoms with Crippen molar-refractivity contribution >= 4 is 11.9 Å². The van der Waals surface area contributed by atoms with E-state index in [4.69, 9.17) is 4.99 Å². The van der Waals surface area contributed by atoms with Crippen LogP contribution in [0, 0.1) is 20.8 Å². The molecule has 170 valence electrons. The first-order valence-corrected chi connectivity index (χ1v) is 11.9. The van der Waals surface area contributed by atoms with E-state index in [1.54, 1.807) is 6.20 Å². The van der Waals surface area contributed by atoms with Crippen LogP contribution in [-0.4, -0.2) is 11.2 Å².